The highest BCUT2D eigenvalue weighted by atomic mass is 19.4. The fraction of sp³-hybridized carbons (Fsp3) is 0.423. The van der Waals surface area contributed by atoms with E-state index in [9.17, 15) is 18.0 Å². The molecule has 1 amide bonds. The van der Waals surface area contributed by atoms with Crippen LogP contribution in [0.2, 0.25) is 0 Å². The molecule has 0 radical (unpaired) electrons. The van der Waals surface area contributed by atoms with Gasteiger partial charge in [-0.15, -0.1) is 0 Å². The van der Waals surface area contributed by atoms with E-state index in [2.05, 4.69) is 15.4 Å². The van der Waals surface area contributed by atoms with E-state index in [0.29, 0.717) is 23.8 Å². The Hall–Kier alpha value is -3.36. The summed E-state index contributed by atoms with van der Waals surface area (Å²) in [5, 5.41) is 7.46. The van der Waals surface area contributed by atoms with E-state index in [1.807, 2.05) is 43.3 Å². The number of hydrogen-bond acceptors (Lipinski definition) is 4. The van der Waals surface area contributed by atoms with Crippen LogP contribution in [0.3, 0.4) is 0 Å². The normalized spacial score (nSPS) is 21.9. The Kier molecular flexibility index (Phi) is 6.02. The fourth-order valence-corrected chi connectivity index (χ4v) is 5.51. The molecular weight excluding hydrogens is 455 g/mol. The zero-order chi connectivity index (χ0) is 24.7. The Morgan fingerprint density at radius 2 is 1.89 bits per heavy atom. The predicted octanol–water partition coefficient (Wildman–Crippen LogP) is 5.30. The van der Waals surface area contributed by atoms with Crippen molar-refractivity contribution in [3.05, 3.63) is 65.6 Å². The van der Waals surface area contributed by atoms with Gasteiger partial charge in [-0.2, -0.15) is 18.3 Å². The van der Waals surface area contributed by atoms with Crippen molar-refractivity contribution in [2.24, 2.45) is 13.0 Å². The van der Waals surface area contributed by atoms with Gasteiger partial charge in [0.05, 0.1) is 17.8 Å². The van der Waals surface area contributed by atoms with Crippen LogP contribution < -0.4 is 5.32 Å². The van der Waals surface area contributed by atoms with Crippen LogP contribution in [0.25, 0.3) is 11.1 Å². The molecule has 2 bridgehead atoms. The number of halogens is 3. The van der Waals surface area contributed by atoms with Crippen LogP contribution in [0.1, 0.15) is 47.2 Å². The average molecular weight is 484 g/mol. The summed E-state index contributed by atoms with van der Waals surface area (Å²) in [5.41, 5.74) is 2.63. The number of carbonyl (C=O) groups is 1. The molecule has 4 heterocycles. The molecule has 3 aromatic rings. The third-order valence-corrected chi connectivity index (χ3v) is 7.28. The first-order chi connectivity index (χ1) is 16.7. The summed E-state index contributed by atoms with van der Waals surface area (Å²) in [6.07, 6.45) is 4.12. The largest absolute Gasteiger partial charge is 0.417 e. The van der Waals surface area contributed by atoms with Crippen molar-refractivity contribution in [2.45, 2.75) is 50.9 Å². The van der Waals surface area contributed by atoms with E-state index in [0.717, 1.165) is 54.6 Å². The molecule has 9 heteroatoms. The molecule has 1 N–H and O–H groups in total. The molecule has 2 aliphatic heterocycles. The monoisotopic (exact) mass is 483 g/mol. The Balaban J connectivity index is 1.41. The second-order valence-corrected chi connectivity index (χ2v) is 9.61. The molecule has 1 aromatic carbocycles. The summed E-state index contributed by atoms with van der Waals surface area (Å²) < 4.78 is 40.3. The molecule has 1 atom stereocenters. The van der Waals surface area contributed by atoms with E-state index < -0.39 is 11.7 Å². The Morgan fingerprint density at radius 1 is 1.11 bits per heavy atom. The minimum absolute atomic E-state index is 0.00543. The van der Waals surface area contributed by atoms with Crippen LogP contribution in [0.15, 0.2) is 48.9 Å². The number of anilines is 1. The van der Waals surface area contributed by atoms with Gasteiger partial charge in [-0.1, -0.05) is 17.7 Å². The number of hydrogen-bond donors (Lipinski definition) is 1. The number of pyridine rings is 1. The molecule has 35 heavy (non-hydrogen) atoms. The van der Waals surface area contributed by atoms with Crippen LogP contribution in [0.4, 0.5) is 19.0 Å². The van der Waals surface area contributed by atoms with E-state index in [-0.39, 0.29) is 18.0 Å². The van der Waals surface area contributed by atoms with E-state index >= 15 is 0 Å². The number of carbonyl (C=O) groups excluding carboxylic acids is 1. The summed E-state index contributed by atoms with van der Waals surface area (Å²) in [4.78, 5) is 20.0. The van der Waals surface area contributed by atoms with Crippen molar-refractivity contribution in [1.29, 1.82) is 0 Å². The first kappa shape index (κ1) is 23.4. The fourth-order valence-electron chi connectivity index (χ4n) is 5.51. The van der Waals surface area contributed by atoms with Gasteiger partial charge in [-0.25, -0.2) is 4.98 Å². The summed E-state index contributed by atoms with van der Waals surface area (Å²) in [6.45, 7) is 2.42. The first-order valence-corrected chi connectivity index (χ1v) is 11.9. The average Bonchev–Trinajstić information content (AvgIpc) is 3.28. The quantitative estimate of drug-likeness (QED) is 0.535. The maximum Gasteiger partial charge on any atom is 0.417 e. The van der Waals surface area contributed by atoms with E-state index in [4.69, 9.17) is 0 Å². The Bertz CT molecular complexity index is 1210. The zero-order valence-corrected chi connectivity index (χ0v) is 19.7. The molecule has 0 spiro atoms. The molecule has 1 unspecified atom stereocenters. The second-order valence-electron chi connectivity index (χ2n) is 9.61. The van der Waals surface area contributed by atoms with Crippen molar-refractivity contribution in [1.82, 2.24) is 19.7 Å². The van der Waals surface area contributed by atoms with Gasteiger partial charge in [0, 0.05) is 43.2 Å². The lowest BCUT2D eigenvalue weighted by molar-refractivity contribution is -0.137. The van der Waals surface area contributed by atoms with Crippen LogP contribution in [0.5, 0.6) is 0 Å². The number of alkyl halides is 3. The number of benzene rings is 1. The second kappa shape index (κ2) is 9.02. The highest BCUT2D eigenvalue weighted by molar-refractivity contribution is 6.01. The van der Waals surface area contributed by atoms with Crippen molar-refractivity contribution in [3.8, 4) is 11.1 Å². The maximum absolute atomic E-state index is 14.0. The van der Waals surface area contributed by atoms with Gasteiger partial charge < -0.3 is 10.2 Å². The summed E-state index contributed by atoms with van der Waals surface area (Å²) in [6, 6.07) is 8.38. The smallest absolute Gasteiger partial charge is 0.368 e. The molecule has 2 saturated heterocycles. The zero-order valence-electron chi connectivity index (χ0n) is 19.7. The number of amides is 1. The van der Waals surface area contributed by atoms with Crippen molar-refractivity contribution >= 4 is 11.7 Å². The lowest BCUT2D eigenvalue weighted by Gasteiger charge is -2.51. The van der Waals surface area contributed by atoms with Crippen LogP contribution in [-0.4, -0.2) is 44.2 Å². The summed E-state index contributed by atoms with van der Waals surface area (Å²) in [5.74, 6) is 0.713. The molecule has 2 aromatic heterocycles. The van der Waals surface area contributed by atoms with Gasteiger partial charge in [-0.3, -0.25) is 9.48 Å². The topological polar surface area (TPSA) is 63.1 Å². The van der Waals surface area contributed by atoms with Crippen molar-refractivity contribution < 1.29 is 18.0 Å². The Morgan fingerprint density at radius 3 is 2.51 bits per heavy atom. The Labute approximate surface area is 202 Å². The molecular formula is C26H28F3N5O. The maximum atomic E-state index is 14.0. The van der Waals surface area contributed by atoms with Crippen molar-refractivity contribution in [3.63, 3.8) is 0 Å². The first-order valence-electron chi connectivity index (χ1n) is 11.9. The summed E-state index contributed by atoms with van der Waals surface area (Å²) >= 11 is 0. The molecule has 1 saturated carbocycles. The number of nitrogens with one attached hydrogen (secondary N) is 1. The SMILES string of the molecule is Cc1ccc(-c2cnn(C)c2)c(C(=O)N2C3CCC(CC3)C2CNc2ccc(C(F)(F)F)cn2)c1. The standard InChI is InChI=1S/C26H28F3N5O/c1-16-3-9-21(18-12-32-33(2)15-18)22(11-16)25(35)34-20-7-4-17(5-8-20)23(34)14-31-24-10-6-19(13-30-24)26(27,28)29/h3,6,9-13,15,17,20,23H,4-5,7-8,14H2,1-2H3,(H,30,31). The highest BCUT2D eigenvalue weighted by Crippen LogP contribution is 2.41. The number of fused-ring (bicyclic) bond motifs is 3. The van der Waals surface area contributed by atoms with Gasteiger partial charge in [0.25, 0.3) is 5.91 Å². The van der Waals surface area contributed by atoms with Gasteiger partial charge in [0.1, 0.15) is 5.82 Å². The third-order valence-electron chi connectivity index (χ3n) is 7.28. The molecule has 3 fully saturated rings. The van der Waals surface area contributed by atoms with Gasteiger partial charge in [0.15, 0.2) is 0 Å². The predicted molar refractivity (Wildman–Crippen MR) is 127 cm³/mol. The van der Waals surface area contributed by atoms with E-state index in [1.54, 1.807) is 10.9 Å². The van der Waals surface area contributed by atoms with Gasteiger partial charge in [-0.05, 0) is 62.3 Å². The van der Waals surface area contributed by atoms with Crippen LogP contribution in [0, 0.1) is 12.8 Å². The highest BCUT2D eigenvalue weighted by Gasteiger charge is 2.44. The number of piperidine rings is 2. The molecule has 1 aliphatic carbocycles. The lowest BCUT2D eigenvalue weighted by atomic mass is 9.74. The van der Waals surface area contributed by atoms with Crippen LogP contribution >= 0.6 is 0 Å². The lowest BCUT2D eigenvalue weighted by Crippen LogP contribution is -2.59. The third kappa shape index (κ3) is 4.63. The number of nitrogens with zero attached hydrogens (tertiary/aromatic N) is 4. The molecule has 6 nitrogen and oxygen atoms in total. The van der Waals surface area contributed by atoms with Crippen LogP contribution in [-0.2, 0) is 13.2 Å². The molecule has 3 aliphatic rings. The van der Waals surface area contributed by atoms with E-state index in [1.165, 1.54) is 6.07 Å². The molecule has 184 valence electrons. The number of aromatic nitrogens is 3. The summed E-state index contributed by atoms with van der Waals surface area (Å²) in [7, 11) is 1.85. The van der Waals surface area contributed by atoms with Gasteiger partial charge in [0.2, 0.25) is 0 Å². The minimum atomic E-state index is -4.42. The molecule has 6 rings (SSSR count). The van der Waals surface area contributed by atoms with Crippen molar-refractivity contribution in [2.75, 3.05) is 11.9 Å². The minimum Gasteiger partial charge on any atom is -0.368 e. The van der Waals surface area contributed by atoms with Gasteiger partial charge >= 0.3 is 6.18 Å². The number of rotatable bonds is 5. The number of aryl methyl sites for hydroxylation is 2.